The predicted molar refractivity (Wildman–Crippen MR) is 123 cm³/mol. The number of hydrogen-bond acceptors (Lipinski definition) is 4. The van der Waals surface area contributed by atoms with Crippen molar-refractivity contribution in [2.45, 2.75) is 51.9 Å². The summed E-state index contributed by atoms with van der Waals surface area (Å²) in [6.45, 7) is 4.94. The van der Waals surface area contributed by atoms with Crippen molar-refractivity contribution in [3.63, 3.8) is 0 Å². The Kier molecular flexibility index (Phi) is 7.93. The zero-order valence-electron chi connectivity index (χ0n) is 19.0. The molecule has 0 aliphatic rings. The number of carbonyl (C=O) groups excluding carboxylic acids is 1. The Bertz CT molecular complexity index is 990. The lowest BCUT2D eigenvalue weighted by atomic mass is 9.91. The van der Waals surface area contributed by atoms with Crippen LogP contribution < -0.4 is 14.8 Å². The number of unbranched alkanes of at least 4 members (excludes halogenated alkanes) is 3. The molecule has 0 bridgehead atoms. The topological polar surface area (TPSA) is 64.9 Å². The van der Waals surface area contributed by atoms with Gasteiger partial charge in [-0.3, -0.25) is 4.79 Å². The summed E-state index contributed by atoms with van der Waals surface area (Å²) >= 11 is 0. The molecule has 2 aromatic heterocycles. The van der Waals surface area contributed by atoms with Crippen molar-refractivity contribution in [3.05, 3.63) is 59.5 Å². The summed E-state index contributed by atoms with van der Waals surface area (Å²) in [5.74, 6) is 1.25. The van der Waals surface area contributed by atoms with Crippen LogP contribution in [-0.4, -0.2) is 36.1 Å². The Morgan fingerprint density at radius 1 is 1.10 bits per heavy atom. The fraction of sp³-hybridized carbons (Fsp3) is 0.440. The van der Waals surface area contributed by atoms with Crippen LogP contribution in [0.25, 0.3) is 5.65 Å². The first kappa shape index (κ1) is 22.7. The van der Waals surface area contributed by atoms with Crippen molar-refractivity contribution in [2.24, 2.45) is 0 Å². The molecule has 0 fully saturated rings. The molecule has 0 unspecified atom stereocenters. The molecule has 0 aliphatic heterocycles. The number of benzene rings is 1. The van der Waals surface area contributed by atoms with Crippen LogP contribution >= 0.6 is 0 Å². The molecule has 0 aliphatic carbocycles. The highest BCUT2D eigenvalue weighted by Gasteiger charge is 2.23. The number of rotatable bonds is 11. The minimum absolute atomic E-state index is 0.0327. The summed E-state index contributed by atoms with van der Waals surface area (Å²) in [5, 5.41) is 3.09. The summed E-state index contributed by atoms with van der Waals surface area (Å²) in [6.07, 6.45) is 8.72. The third kappa shape index (κ3) is 5.78. The number of carbonyl (C=O) groups is 1. The normalized spacial score (nSPS) is 12.0. The molecule has 0 radical (unpaired) electrons. The zero-order chi connectivity index (χ0) is 22.2. The molecule has 1 N–H and O–H groups in total. The molecule has 0 saturated carbocycles. The van der Waals surface area contributed by atoms with E-state index in [0.29, 0.717) is 24.5 Å². The van der Waals surface area contributed by atoms with Gasteiger partial charge in [0.15, 0.2) is 0 Å². The summed E-state index contributed by atoms with van der Waals surface area (Å²) in [5.41, 5.74) is 3.94. The van der Waals surface area contributed by atoms with Crippen LogP contribution in [-0.2, 0) is 4.79 Å². The van der Waals surface area contributed by atoms with Gasteiger partial charge in [-0.15, -0.1) is 0 Å². The molecule has 6 nitrogen and oxygen atoms in total. The molecule has 1 amide bonds. The molecular weight excluding hydrogens is 390 g/mol. The second-order valence-electron chi connectivity index (χ2n) is 7.93. The number of hydrogen-bond donors (Lipinski definition) is 1. The summed E-state index contributed by atoms with van der Waals surface area (Å²) < 4.78 is 13.0. The van der Waals surface area contributed by atoms with Crippen LogP contribution in [0.1, 0.15) is 61.8 Å². The van der Waals surface area contributed by atoms with Crippen LogP contribution in [0, 0.1) is 6.92 Å². The minimum Gasteiger partial charge on any atom is -0.497 e. The standard InChI is InChI=1S/C25H33N3O3/c1-5-6-7-8-10-26-25(29)16-22(19-13-20(30-3)15-21(14-19)31-4)23-17-27-24-12-18(2)9-11-28(23)24/h9,11-15,17,22H,5-8,10,16H2,1-4H3,(H,26,29)/t22-/m0/s1. The third-order valence-corrected chi connectivity index (χ3v) is 5.57. The van der Waals surface area contributed by atoms with E-state index >= 15 is 0 Å². The SMILES string of the molecule is CCCCCCNC(=O)C[C@@H](c1cc(OC)cc(OC)c1)c1cnc2cc(C)ccn12. The fourth-order valence-corrected chi connectivity index (χ4v) is 3.82. The van der Waals surface area contributed by atoms with Crippen LogP contribution in [0.3, 0.4) is 0 Å². The van der Waals surface area contributed by atoms with Crippen LogP contribution in [0.4, 0.5) is 0 Å². The lowest BCUT2D eigenvalue weighted by Gasteiger charge is -2.19. The summed E-state index contributed by atoms with van der Waals surface area (Å²) in [6, 6.07) is 9.87. The molecule has 166 valence electrons. The second-order valence-corrected chi connectivity index (χ2v) is 7.93. The molecule has 3 aromatic rings. The molecule has 0 saturated heterocycles. The van der Waals surface area contributed by atoms with Gasteiger partial charge in [0.2, 0.25) is 5.91 Å². The van der Waals surface area contributed by atoms with Gasteiger partial charge < -0.3 is 19.2 Å². The van der Waals surface area contributed by atoms with Gasteiger partial charge in [-0.05, 0) is 48.7 Å². The van der Waals surface area contributed by atoms with E-state index in [2.05, 4.69) is 27.7 Å². The van der Waals surface area contributed by atoms with Gasteiger partial charge in [0.05, 0.1) is 19.9 Å². The molecule has 3 rings (SSSR count). The maximum atomic E-state index is 12.9. The Labute approximate surface area is 184 Å². The molecule has 2 heterocycles. The van der Waals surface area contributed by atoms with Gasteiger partial charge in [0, 0.05) is 37.3 Å². The van der Waals surface area contributed by atoms with E-state index in [0.717, 1.165) is 35.3 Å². The number of amides is 1. The van der Waals surface area contributed by atoms with E-state index in [1.807, 2.05) is 43.6 Å². The maximum absolute atomic E-state index is 12.9. The molecule has 31 heavy (non-hydrogen) atoms. The first-order valence-electron chi connectivity index (χ1n) is 11.0. The number of aryl methyl sites for hydroxylation is 1. The average molecular weight is 424 g/mol. The number of pyridine rings is 1. The second kappa shape index (κ2) is 10.8. The van der Waals surface area contributed by atoms with Crippen LogP contribution in [0.15, 0.2) is 42.7 Å². The van der Waals surface area contributed by atoms with Gasteiger partial charge in [0.25, 0.3) is 0 Å². The van der Waals surface area contributed by atoms with Gasteiger partial charge in [-0.1, -0.05) is 26.2 Å². The van der Waals surface area contributed by atoms with Gasteiger partial charge >= 0.3 is 0 Å². The highest BCUT2D eigenvalue weighted by molar-refractivity contribution is 5.77. The largest absolute Gasteiger partial charge is 0.497 e. The highest BCUT2D eigenvalue weighted by atomic mass is 16.5. The summed E-state index contributed by atoms with van der Waals surface area (Å²) in [4.78, 5) is 17.4. The molecule has 0 spiro atoms. The van der Waals surface area contributed by atoms with E-state index in [1.165, 1.54) is 12.8 Å². The van der Waals surface area contributed by atoms with Crippen LogP contribution in [0.5, 0.6) is 11.5 Å². The third-order valence-electron chi connectivity index (χ3n) is 5.57. The first-order valence-corrected chi connectivity index (χ1v) is 11.0. The molecular formula is C25H33N3O3. The average Bonchev–Trinajstić information content (AvgIpc) is 3.19. The predicted octanol–water partition coefficient (Wildman–Crippen LogP) is 4.88. The van der Waals surface area contributed by atoms with E-state index in [-0.39, 0.29) is 11.8 Å². The van der Waals surface area contributed by atoms with Crippen molar-refractivity contribution in [3.8, 4) is 11.5 Å². The number of aromatic nitrogens is 2. The van der Waals surface area contributed by atoms with Crippen molar-refractivity contribution >= 4 is 11.6 Å². The number of ether oxygens (including phenoxy) is 2. The summed E-state index contributed by atoms with van der Waals surface area (Å²) in [7, 11) is 3.27. The molecule has 1 aromatic carbocycles. The number of fused-ring (bicyclic) bond motifs is 1. The van der Waals surface area contributed by atoms with E-state index in [1.54, 1.807) is 14.2 Å². The van der Waals surface area contributed by atoms with Gasteiger partial charge in [-0.25, -0.2) is 4.98 Å². The number of nitrogens with zero attached hydrogens (tertiary/aromatic N) is 2. The maximum Gasteiger partial charge on any atom is 0.221 e. The lowest BCUT2D eigenvalue weighted by molar-refractivity contribution is -0.121. The zero-order valence-corrected chi connectivity index (χ0v) is 19.0. The number of nitrogens with one attached hydrogen (secondary N) is 1. The van der Waals surface area contributed by atoms with Gasteiger partial charge in [-0.2, -0.15) is 0 Å². The smallest absolute Gasteiger partial charge is 0.221 e. The Balaban J connectivity index is 1.91. The van der Waals surface area contributed by atoms with E-state index in [9.17, 15) is 4.79 Å². The highest BCUT2D eigenvalue weighted by Crippen LogP contribution is 2.34. The Morgan fingerprint density at radius 2 is 1.84 bits per heavy atom. The minimum atomic E-state index is -0.183. The van der Waals surface area contributed by atoms with Crippen molar-refractivity contribution in [1.29, 1.82) is 0 Å². The quantitative estimate of drug-likeness (QED) is 0.447. The number of imidazole rings is 1. The lowest BCUT2D eigenvalue weighted by Crippen LogP contribution is -2.26. The van der Waals surface area contributed by atoms with Crippen molar-refractivity contribution in [1.82, 2.24) is 14.7 Å². The van der Waals surface area contributed by atoms with Crippen LogP contribution in [0.2, 0.25) is 0 Å². The number of methoxy groups -OCH3 is 2. The van der Waals surface area contributed by atoms with Crippen molar-refractivity contribution in [2.75, 3.05) is 20.8 Å². The molecule has 6 heteroatoms. The molecule has 1 atom stereocenters. The monoisotopic (exact) mass is 423 g/mol. The van der Waals surface area contributed by atoms with E-state index < -0.39 is 0 Å². The Morgan fingerprint density at radius 3 is 2.52 bits per heavy atom. The van der Waals surface area contributed by atoms with E-state index in [4.69, 9.17) is 9.47 Å². The Hall–Kier alpha value is -3.02. The first-order chi connectivity index (χ1) is 15.0. The van der Waals surface area contributed by atoms with Gasteiger partial charge in [0.1, 0.15) is 17.1 Å². The van der Waals surface area contributed by atoms with Crippen molar-refractivity contribution < 1.29 is 14.3 Å². The fourth-order valence-electron chi connectivity index (χ4n) is 3.82.